The van der Waals surface area contributed by atoms with Gasteiger partial charge in [0.25, 0.3) is 0 Å². The van der Waals surface area contributed by atoms with Crippen molar-refractivity contribution in [1.29, 1.82) is 0 Å². The standard InChI is InChI=1S/C21H12N2S/c1-3-9-15-12(6-1)17-14-8-5-11-22-19(14)21-18(20(17)23-15)13-7-2-4-10-16(13)24-21/h1-11,23H. The van der Waals surface area contributed by atoms with Crippen molar-refractivity contribution in [3.05, 3.63) is 66.9 Å². The number of nitrogens with zero attached hydrogens (tertiary/aromatic N) is 1. The monoisotopic (exact) mass is 324 g/mol. The second kappa shape index (κ2) is 4.34. The molecule has 3 heteroatoms. The number of aromatic nitrogens is 2. The largest absolute Gasteiger partial charge is 0.354 e. The number of hydrogen-bond donors (Lipinski definition) is 1. The first-order valence-electron chi connectivity index (χ1n) is 8.00. The van der Waals surface area contributed by atoms with E-state index in [0.29, 0.717) is 0 Å². The van der Waals surface area contributed by atoms with Crippen molar-refractivity contribution < 1.29 is 0 Å². The Morgan fingerprint density at radius 2 is 1.54 bits per heavy atom. The summed E-state index contributed by atoms with van der Waals surface area (Å²) < 4.78 is 2.58. The normalized spacial score (nSPS) is 12.2. The minimum atomic E-state index is 1.10. The van der Waals surface area contributed by atoms with Gasteiger partial charge in [0, 0.05) is 43.3 Å². The van der Waals surface area contributed by atoms with Gasteiger partial charge in [0.1, 0.15) is 0 Å². The van der Waals surface area contributed by atoms with Gasteiger partial charge in [-0.2, -0.15) is 0 Å². The molecule has 0 radical (unpaired) electrons. The molecule has 0 amide bonds. The number of thiophene rings is 1. The summed E-state index contributed by atoms with van der Waals surface area (Å²) in [5, 5.41) is 6.38. The molecule has 0 saturated heterocycles. The highest BCUT2D eigenvalue weighted by Gasteiger charge is 2.17. The summed E-state index contributed by atoms with van der Waals surface area (Å²) in [5.41, 5.74) is 3.51. The van der Waals surface area contributed by atoms with Gasteiger partial charge in [-0.25, -0.2) is 0 Å². The van der Waals surface area contributed by atoms with Crippen molar-refractivity contribution in [1.82, 2.24) is 9.97 Å². The van der Waals surface area contributed by atoms with E-state index in [1.165, 1.54) is 47.4 Å². The Bertz CT molecular complexity index is 1410. The molecule has 0 atom stereocenters. The van der Waals surface area contributed by atoms with Crippen LogP contribution >= 0.6 is 11.3 Å². The second-order valence-corrected chi connectivity index (χ2v) is 7.17. The highest BCUT2D eigenvalue weighted by molar-refractivity contribution is 7.26. The Labute approximate surface area is 141 Å². The van der Waals surface area contributed by atoms with Crippen molar-refractivity contribution in [2.45, 2.75) is 0 Å². The quantitative estimate of drug-likeness (QED) is 0.352. The third-order valence-corrected chi connectivity index (χ3v) is 6.02. The lowest BCUT2D eigenvalue weighted by Gasteiger charge is -2.03. The smallest absolute Gasteiger partial charge is 0.0888 e. The lowest BCUT2D eigenvalue weighted by molar-refractivity contribution is 1.44. The average Bonchev–Trinajstić information content (AvgIpc) is 3.20. The fraction of sp³-hybridized carbons (Fsp3) is 0. The Hall–Kier alpha value is -2.91. The molecule has 2 nitrogen and oxygen atoms in total. The van der Waals surface area contributed by atoms with Crippen LogP contribution in [0.25, 0.3) is 52.9 Å². The van der Waals surface area contributed by atoms with Gasteiger partial charge in [-0.15, -0.1) is 11.3 Å². The first-order valence-corrected chi connectivity index (χ1v) is 8.82. The zero-order valence-electron chi connectivity index (χ0n) is 12.7. The zero-order chi connectivity index (χ0) is 15.7. The number of pyridine rings is 1. The number of H-pyrrole nitrogens is 1. The molecule has 0 aliphatic rings. The molecule has 3 heterocycles. The molecule has 6 rings (SSSR count). The molecule has 3 aromatic carbocycles. The van der Waals surface area contributed by atoms with Crippen LogP contribution in [0.5, 0.6) is 0 Å². The number of rotatable bonds is 0. The van der Waals surface area contributed by atoms with Crippen molar-refractivity contribution in [2.24, 2.45) is 0 Å². The van der Waals surface area contributed by atoms with E-state index in [0.717, 1.165) is 5.52 Å². The molecule has 24 heavy (non-hydrogen) atoms. The number of benzene rings is 3. The molecule has 0 aliphatic heterocycles. The fourth-order valence-corrected chi connectivity index (χ4v) is 5.08. The predicted molar refractivity (Wildman–Crippen MR) is 104 cm³/mol. The molecule has 0 saturated carbocycles. The molecule has 0 aliphatic carbocycles. The van der Waals surface area contributed by atoms with Gasteiger partial charge in [-0.05, 0) is 18.2 Å². The first kappa shape index (κ1) is 12.5. The van der Waals surface area contributed by atoms with E-state index in [1.54, 1.807) is 0 Å². The summed E-state index contributed by atoms with van der Waals surface area (Å²) >= 11 is 1.83. The SMILES string of the molecule is c1ccc2c(c1)[nH]c1c2c2cccnc2c2sc3ccccc3c12. The lowest BCUT2D eigenvalue weighted by atomic mass is 10.0. The van der Waals surface area contributed by atoms with E-state index in [4.69, 9.17) is 4.98 Å². The maximum Gasteiger partial charge on any atom is 0.0888 e. The summed E-state index contributed by atoms with van der Waals surface area (Å²) in [4.78, 5) is 8.41. The van der Waals surface area contributed by atoms with E-state index in [2.05, 4.69) is 59.6 Å². The van der Waals surface area contributed by atoms with Gasteiger partial charge in [-0.3, -0.25) is 4.98 Å². The van der Waals surface area contributed by atoms with E-state index < -0.39 is 0 Å². The average molecular weight is 324 g/mol. The van der Waals surface area contributed by atoms with Crippen molar-refractivity contribution in [3.8, 4) is 0 Å². The van der Waals surface area contributed by atoms with Crippen molar-refractivity contribution in [3.63, 3.8) is 0 Å². The van der Waals surface area contributed by atoms with Crippen LogP contribution in [0.2, 0.25) is 0 Å². The van der Waals surface area contributed by atoms with Crippen LogP contribution in [0.1, 0.15) is 0 Å². The Morgan fingerprint density at radius 3 is 2.50 bits per heavy atom. The highest BCUT2D eigenvalue weighted by atomic mass is 32.1. The molecular weight excluding hydrogens is 312 g/mol. The van der Waals surface area contributed by atoms with Crippen LogP contribution < -0.4 is 0 Å². The van der Waals surface area contributed by atoms with Crippen LogP contribution in [-0.2, 0) is 0 Å². The van der Waals surface area contributed by atoms with Crippen LogP contribution in [-0.4, -0.2) is 9.97 Å². The van der Waals surface area contributed by atoms with Crippen LogP contribution in [0.15, 0.2) is 66.9 Å². The van der Waals surface area contributed by atoms with E-state index in [9.17, 15) is 0 Å². The minimum absolute atomic E-state index is 1.10. The number of nitrogens with one attached hydrogen (secondary N) is 1. The topological polar surface area (TPSA) is 28.7 Å². The molecule has 112 valence electrons. The van der Waals surface area contributed by atoms with E-state index >= 15 is 0 Å². The highest BCUT2D eigenvalue weighted by Crippen LogP contribution is 2.44. The van der Waals surface area contributed by atoms with Gasteiger partial charge >= 0.3 is 0 Å². The Morgan fingerprint density at radius 1 is 0.750 bits per heavy atom. The second-order valence-electron chi connectivity index (χ2n) is 6.12. The summed E-state index contributed by atoms with van der Waals surface area (Å²) in [5.74, 6) is 0. The zero-order valence-corrected chi connectivity index (χ0v) is 13.5. The third kappa shape index (κ3) is 1.43. The molecule has 1 N–H and O–H groups in total. The summed E-state index contributed by atoms with van der Waals surface area (Å²) in [6.45, 7) is 0. The maximum absolute atomic E-state index is 4.74. The predicted octanol–water partition coefficient (Wildman–Crippen LogP) is 6.24. The van der Waals surface area contributed by atoms with E-state index in [-0.39, 0.29) is 0 Å². The number of para-hydroxylation sites is 1. The molecule has 3 aromatic heterocycles. The van der Waals surface area contributed by atoms with Gasteiger partial charge in [0.05, 0.1) is 15.7 Å². The van der Waals surface area contributed by atoms with E-state index in [1.807, 2.05) is 23.6 Å². The Balaban J connectivity index is 2.08. The molecule has 0 unspecified atom stereocenters. The molecule has 0 bridgehead atoms. The number of hydrogen-bond acceptors (Lipinski definition) is 2. The van der Waals surface area contributed by atoms with Crippen molar-refractivity contribution >= 4 is 64.2 Å². The number of fused-ring (bicyclic) bond motifs is 10. The Kier molecular flexibility index (Phi) is 2.26. The molecule has 0 fully saturated rings. The van der Waals surface area contributed by atoms with Gasteiger partial charge in [0.2, 0.25) is 0 Å². The number of aromatic amines is 1. The lowest BCUT2D eigenvalue weighted by Crippen LogP contribution is -1.81. The molecular formula is C21H12N2S. The summed E-state index contributed by atoms with van der Waals surface area (Å²) in [7, 11) is 0. The summed E-state index contributed by atoms with van der Waals surface area (Å²) in [6.07, 6.45) is 1.90. The fourth-order valence-electron chi connectivity index (χ4n) is 3.86. The molecule has 6 aromatic rings. The van der Waals surface area contributed by atoms with Crippen LogP contribution in [0.3, 0.4) is 0 Å². The minimum Gasteiger partial charge on any atom is -0.354 e. The van der Waals surface area contributed by atoms with Crippen molar-refractivity contribution in [2.75, 3.05) is 0 Å². The van der Waals surface area contributed by atoms with Crippen LogP contribution in [0.4, 0.5) is 0 Å². The summed E-state index contributed by atoms with van der Waals surface area (Å²) in [6, 6.07) is 21.4. The molecule has 0 spiro atoms. The maximum atomic E-state index is 4.74. The first-order chi connectivity index (χ1) is 11.9. The van der Waals surface area contributed by atoms with Gasteiger partial charge in [0.15, 0.2) is 0 Å². The van der Waals surface area contributed by atoms with Crippen LogP contribution in [0, 0.1) is 0 Å². The van der Waals surface area contributed by atoms with Gasteiger partial charge in [-0.1, -0.05) is 42.5 Å². The third-order valence-electron chi connectivity index (χ3n) is 4.84. The van der Waals surface area contributed by atoms with Gasteiger partial charge < -0.3 is 4.98 Å².